The molecule has 0 unspecified atom stereocenters. The van der Waals surface area contributed by atoms with Crippen LogP contribution in [0, 0.1) is 0 Å². The molecule has 20 heavy (non-hydrogen) atoms. The van der Waals surface area contributed by atoms with Crippen LogP contribution in [0.4, 0.5) is 5.13 Å². The third kappa shape index (κ3) is 2.96. The smallest absolute Gasteiger partial charge is 0.184 e. The number of anilines is 1. The van der Waals surface area contributed by atoms with Gasteiger partial charge in [0.15, 0.2) is 15.0 Å². The van der Waals surface area contributed by atoms with E-state index in [2.05, 4.69) is 10.3 Å². The van der Waals surface area contributed by atoms with Gasteiger partial charge in [0.1, 0.15) is 0 Å². The summed E-state index contributed by atoms with van der Waals surface area (Å²) in [5.74, 6) is 0. The first-order valence-electron chi connectivity index (χ1n) is 6.89. The van der Waals surface area contributed by atoms with E-state index >= 15 is 0 Å². The topological polar surface area (TPSA) is 59.1 Å². The number of nitrogens with zero attached hydrogens (tertiary/aromatic N) is 1. The molecular weight excluding hydrogens is 292 g/mol. The van der Waals surface area contributed by atoms with E-state index < -0.39 is 9.84 Å². The molecule has 6 heteroatoms. The minimum atomic E-state index is -3.15. The van der Waals surface area contributed by atoms with Crippen molar-refractivity contribution in [2.45, 2.75) is 43.0 Å². The standard InChI is InChI=1S/C14H18N2O2S2/c1-20(17,18)11-7-8-12-13(9-11)19-14(16-12)15-10-5-3-2-4-6-10/h7-10H,2-6H2,1H3,(H,15,16). The number of hydrogen-bond donors (Lipinski definition) is 1. The summed E-state index contributed by atoms with van der Waals surface area (Å²) >= 11 is 1.53. The fraction of sp³-hybridized carbons (Fsp3) is 0.500. The van der Waals surface area contributed by atoms with E-state index in [9.17, 15) is 8.42 Å². The number of thiazole rings is 1. The first-order valence-corrected chi connectivity index (χ1v) is 9.60. The summed E-state index contributed by atoms with van der Waals surface area (Å²) in [4.78, 5) is 4.90. The zero-order chi connectivity index (χ0) is 14.2. The van der Waals surface area contributed by atoms with E-state index in [-0.39, 0.29) is 0 Å². The van der Waals surface area contributed by atoms with Crippen molar-refractivity contribution in [1.29, 1.82) is 0 Å². The monoisotopic (exact) mass is 310 g/mol. The lowest BCUT2D eigenvalue weighted by atomic mass is 9.96. The number of aromatic nitrogens is 1. The van der Waals surface area contributed by atoms with Crippen molar-refractivity contribution in [1.82, 2.24) is 4.98 Å². The Labute approximate surface area is 123 Å². The minimum absolute atomic E-state index is 0.359. The molecular formula is C14H18N2O2S2. The van der Waals surface area contributed by atoms with Gasteiger partial charge in [-0.05, 0) is 31.0 Å². The van der Waals surface area contributed by atoms with E-state index in [1.165, 1.54) is 49.7 Å². The van der Waals surface area contributed by atoms with Gasteiger partial charge in [-0.15, -0.1) is 0 Å². The van der Waals surface area contributed by atoms with E-state index in [0.29, 0.717) is 10.9 Å². The van der Waals surface area contributed by atoms with Crippen molar-refractivity contribution < 1.29 is 8.42 Å². The summed E-state index contributed by atoms with van der Waals surface area (Å²) in [5.41, 5.74) is 0.862. The van der Waals surface area contributed by atoms with Crippen LogP contribution in [0.15, 0.2) is 23.1 Å². The van der Waals surface area contributed by atoms with E-state index in [4.69, 9.17) is 0 Å². The molecule has 3 rings (SSSR count). The molecule has 0 spiro atoms. The highest BCUT2D eigenvalue weighted by atomic mass is 32.2. The van der Waals surface area contributed by atoms with Crippen molar-refractivity contribution in [2.24, 2.45) is 0 Å². The maximum atomic E-state index is 11.6. The first-order chi connectivity index (χ1) is 9.52. The van der Waals surface area contributed by atoms with E-state index in [1.54, 1.807) is 18.2 Å². The molecule has 108 valence electrons. The molecule has 1 saturated carbocycles. The van der Waals surface area contributed by atoms with Crippen molar-refractivity contribution in [3.8, 4) is 0 Å². The highest BCUT2D eigenvalue weighted by Gasteiger charge is 2.15. The van der Waals surface area contributed by atoms with Gasteiger partial charge in [0.2, 0.25) is 0 Å². The molecule has 2 aromatic rings. The molecule has 0 amide bonds. The molecule has 4 nitrogen and oxygen atoms in total. The Morgan fingerprint density at radius 2 is 2.00 bits per heavy atom. The summed E-state index contributed by atoms with van der Waals surface area (Å²) in [6, 6.07) is 5.64. The van der Waals surface area contributed by atoms with Crippen LogP contribution in [0.25, 0.3) is 10.2 Å². The molecule has 1 aliphatic carbocycles. The van der Waals surface area contributed by atoms with E-state index in [1.807, 2.05) is 0 Å². The summed E-state index contributed by atoms with van der Waals surface area (Å²) in [5, 5.41) is 4.39. The summed E-state index contributed by atoms with van der Waals surface area (Å²) in [6.45, 7) is 0. The van der Waals surface area contributed by atoms with Crippen LogP contribution in [-0.2, 0) is 9.84 Å². The average Bonchev–Trinajstić information content (AvgIpc) is 2.80. The molecule has 1 heterocycles. The Morgan fingerprint density at radius 1 is 1.25 bits per heavy atom. The molecule has 1 fully saturated rings. The van der Waals surface area contributed by atoms with Gasteiger partial charge in [-0.25, -0.2) is 13.4 Å². The number of fused-ring (bicyclic) bond motifs is 1. The van der Waals surface area contributed by atoms with Crippen molar-refractivity contribution in [3.63, 3.8) is 0 Å². The number of rotatable bonds is 3. The number of hydrogen-bond acceptors (Lipinski definition) is 5. The first kappa shape index (κ1) is 13.8. The van der Waals surface area contributed by atoms with Gasteiger partial charge >= 0.3 is 0 Å². The zero-order valence-electron chi connectivity index (χ0n) is 11.4. The SMILES string of the molecule is CS(=O)(=O)c1ccc2nc(NC3CCCCC3)sc2c1. The second-order valence-corrected chi connectivity index (χ2v) is 8.45. The zero-order valence-corrected chi connectivity index (χ0v) is 13.1. The Kier molecular flexibility index (Phi) is 3.69. The van der Waals surface area contributed by atoms with Crippen molar-refractivity contribution in [2.75, 3.05) is 11.6 Å². The molecule has 1 aromatic heterocycles. The lowest BCUT2D eigenvalue weighted by molar-refractivity contribution is 0.462. The van der Waals surface area contributed by atoms with Gasteiger partial charge in [-0.1, -0.05) is 30.6 Å². The molecule has 0 radical (unpaired) electrons. The summed E-state index contributed by atoms with van der Waals surface area (Å²) in [6.07, 6.45) is 7.52. The van der Waals surface area contributed by atoms with Gasteiger partial charge in [-0.2, -0.15) is 0 Å². The highest BCUT2D eigenvalue weighted by Crippen LogP contribution is 2.30. The van der Waals surface area contributed by atoms with Crippen LogP contribution in [0.5, 0.6) is 0 Å². The van der Waals surface area contributed by atoms with Gasteiger partial charge < -0.3 is 5.32 Å². The van der Waals surface area contributed by atoms with Crippen LogP contribution in [0.3, 0.4) is 0 Å². The number of sulfone groups is 1. The van der Waals surface area contributed by atoms with Crippen molar-refractivity contribution >= 4 is 36.5 Å². The van der Waals surface area contributed by atoms with Gasteiger partial charge in [-0.3, -0.25) is 0 Å². The Morgan fingerprint density at radius 3 is 2.70 bits per heavy atom. The quantitative estimate of drug-likeness (QED) is 0.943. The Balaban J connectivity index is 1.86. The third-order valence-electron chi connectivity index (χ3n) is 3.72. The molecule has 0 aliphatic heterocycles. The van der Waals surface area contributed by atoms with Crippen molar-refractivity contribution in [3.05, 3.63) is 18.2 Å². The number of nitrogens with one attached hydrogen (secondary N) is 1. The van der Waals surface area contributed by atoms with Crippen LogP contribution < -0.4 is 5.32 Å². The molecule has 0 atom stereocenters. The summed E-state index contributed by atoms with van der Waals surface area (Å²) in [7, 11) is -3.15. The van der Waals surface area contributed by atoms with Crippen LogP contribution in [0.1, 0.15) is 32.1 Å². The minimum Gasteiger partial charge on any atom is -0.359 e. The molecule has 0 bridgehead atoms. The number of benzene rings is 1. The largest absolute Gasteiger partial charge is 0.359 e. The third-order valence-corrected chi connectivity index (χ3v) is 5.78. The summed E-state index contributed by atoms with van der Waals surface area (Å²) < 4.78 is 24.1. The highest BCUT2D eigenvalue weighted by molar-refractivity contribution is 7.90. The maximum Gasteiger partial charge on any atom is 0.184 e. The molecule has 1 aromatic carbocycles. The molecule has 1 aliphatic rings. The van der Waals surface area contributed by atoms with E-state index in [0.717, 1.165) is 15.3 Å². The Bertz CT molecular complexity index is 716. The predicted octanol–water partition coefficient (Wildman–Crippen LogP) is 3.44. The Hall–Kier alpha value is -1.14. The second kappa shape index (κ2) is 5.33. The van der Waals surface area contributed by atoms with Gasteiger partial charge in [0.25, 0.3) is 0 Å². The lowest BCUT2D eigenvalue weighted by Gasteiger charge is -2.22. The second-order valence-electron chi connectivity index (χ2n) is 5.40. The van der Waals surface area contributed by atoms with Crippen LogP contribution >= 0.6 is 11.3 Å². The average molecular weight is 310 g/mol. The molecule has 0 saturated heterocycles. The normalized spacial score (nSPS) is 17.4. The van der Waals surface area contributed by atoms with Gasteiger partial charge in [0.05, 0.1) is 15.1 Å². The molecule has 1 N–H and O–H groups in total. The maximum absolute atomic E-state index is 11.6. The van der Waals surface area contributed by atoms with Crippen LogP contribution in [0.2, 0.25) is 0 Å². The lowest BCUT2D eigenvalue weighted by Crippen LogP contribution is -2.21. The fourth-order valence-electron chi connectivity index (χ4n) is 2.62. The fourth-order valence-corrected chi connectivity index (χ4v) is 4.32. The predicted molar refractivity (Wildman–Crippen MR) is 83.2 cm³/mol. The van der Waals surface area contributed by atoms with Crippen LogP contribution in [-0.4, -0.2) is 25.7 Å². The van der Waals surface area contributed by atoms with Gasteiger partial charge in [0, 0.05) is 12.3 Å².